The molecular weight excluding hydrogens is 316 g/mol. The third kappa shape index (κ3) is 2.78. The predicted molar refractivity (Wildman–Crippen MR) is 88.4 cm³/mol. The third-order valence-electron chi connectivity index (χ3n) is 3.38. The molecule has 1 aliphatic rings. The van der Waals surface area contributed by atoms with Crippen molar-refractivity contribution in [1.82, 2.24) is 0 Å². The molecule has 1 heterocycles. The van der Waals surface area contributed by atoms with Gasteiger partial charge < -0.3 is 10.1 Å². The normalized spacial score (nSPS) is 14.4. The number of carbonyl (C=O) groups is 2. The molecule has 6 heteroatoms. The number of nitrogens with zero attached hydrogens (tertiary/aromatic N) is 1. The van der Waals surface area contributed by atoms with Gasteiger partial charge in [-0.1, -0.05) is 35.9 Å². The number of halogens is 1. The average Bonchev–Trinajstić information content (AvgIpc) is 2.79. The van der Waals surface area contributed by atoms with Gasteiger partial charge >= 0.3 is 0 Å². The molecule has 2 amide bonds. The van der Waals surface area contributed by atoms with Crippen molar-refractivity contribution in [3.63, 3.8) is 0 Å². The number of anilines is 2. The van der Waals surface area contributed by atoms with Crippen molar-refractivity contribution in [2.24, 2.45) is 0 Å². The van der Waals surface area contributed by atoms with Crippen LogP contribution in [0.4, 0.5) is 11.4 Å². The summed E-state index contributed by atoms with van der Waals surface area (Å²) in [6.07, 6.45) is 0. The van der Waals surface area contributed by atoms with E-state index in [-0.39, 0.29) is 10.7 Å². The van der Waals surface area contributed by atoms with Crippen molar-refractivity contribution in [3.8, 4) is 5.75 Å². The van der Waals surface area contributed by atoms with E-state index in [1.54, 1.807) is 61.7 Å². The molecule has 0 atom stereocenters. The van der Waals surface area contributed by atoms with Crippen molar-refractivity contribution < 1.29 is 14.3 Å². The number of imide groups is 1. The molecule has 0 bridgehead atoms. The second-order valence-corrected chi connectivity index (χ2v) is 5.21. The van der Waals surface area contributed by atoms with Gasteiger partial charge in [-0.3, -0.25) is 9.59 Å². The van der Waals surface area contributed by atoms with E-state index < -0.39 is 11.8 Å². The van der Waals surface area contributed by atoms with Crippen LogP contribution in [-0.2, 0) is 9.59 Å². The molecule has 1 N–H and O–H groups in total. The van der Waals surface area contributed by atoms with E-state index in [1.807, 2.05) is 0 Å². The first-order valence-electron chi connectivity index (χ1n) is 6.86. The van der Waals surface area contributed by atoms with Crippen molar-refractivity contribution in [2.45, 2.75) is 0 Å². The van der Waals surface area contributed by atoms with E-state index in [4.69, 9.17) is 16.3 Å². The summed E-state index contributed by atoms with van der Waals surface area (Å²) in [4.78, 5) is 25.9. The number of hydrogen-bond donors (Lipinski definition) is 1. The summed E-state index contributed by atoms with van der Waals surface area (Å²) >= 11 is 6.07. The summed E-state index contributed by atoms with van der Waals surface area (Å²) in [5.41, 5.74) is 1.13. The topological polar surface area (TPSA) is 58.6 Å². The maximum atomic E-state index is 12.6. The summed E-state index contributed by atoms with van der Waals surface area (Å²) in [6, 6.07) is 15.7. The maximum Gasteiger partial charge on any atom is 0.283 e. The molecule has 0 radical (unpaired) electrons. The van der Waals surface area contributed by atoms with Crippen molar-refractivity contribution >= 4 is 34.8 Å². The molecule has 0 spiro atoms. The largest absolute Gasteiger partial charge is 0.497 e. The summed E-state index contributed by atoms with van der Waals surface area (Å²) in [7, 11) is 1.55. The highest BCUT2D eigenvalue weighted by Crippen LogP contribution is 2.30. The summed E-state index contributed by atoms with van der Waals surface area (Å²) in [5.74, 6) is -0.411. The van der Waals surface area contributed by atoms with E-state index in [9.17, 15) is 9.59 Å². The Hall–Kier alpha value is -2.79. The second-order valence-electron chi connectivity index (χ2n) is 4.83. The van der Waals surface area contributed by atoms with Crippen LogP contribution < -0.4 is 15.0 Å². The van der Waals surface area contributed by atoms with Gasteiger partial charge in [-0.15, -0.1) is 0 Å². The van der Waals surface area contributed by atoms with Crippen LogP contribution in [0.2, 0.25) is 0 Å². The Morgan fingerprint density at radius 3 is 2.43 bits per heavy atom. The van der Waals surface area contributed by atoms with Crippen LogP contribution in [0.25, 0.3) is 0 Å². The zero-order chi connectivity index (χ0) is 16.4. The molecule has 3 rings (SSSR count). The number of hydrogen-bond acceptors (Lipinski definition) is 4. The fourth-order valence-electron chi connectivity index (χ4n) is 2.27. The molecule has 0 saturated heterocycles. The number of para-hydroxylation sites is 1. The predicted octanol–water partition coefficient (Wildman–Crippen LogP) is 3.13. The van der Waals surface area contributed by atoms with Gasteiger partial charge in [-0.2, -0.15) is 0 Å². The van der Waals surface area contributed by atoms with Crippen LogP contribution in [0.3, 0.4) is 0 Å². The highest BCUT2D eigenvalue weighted by atomic mass is 35.5. The van der Waals surface area contributed by atoms with E-state index in [1.165, 1.54) is 0 Å². The minimum atomic E-state index is -0.548. The average molecular weight is 329 g/mol. The lowest BCUT2D eigenvalue weighted by molar-refractivity contribution is -0.120. The standard InChI is InChI=1S/C17H13ClN2O3/c1-23-13-9-5-6-11(10-13)19-15-14(18)16(21)20(17(15)22)12-7-3-2-4-8-12/h2-10,19H,1H3. The molecule has 0 aliphatic carbocycles. The zero-order valence-corrected chi connectivity index (χ0v) is 13.0. The molecule has 0 fully saturated rings. The quantitative estimate of drug-likeness (QED) is 0.876. The zero-order valence-electron chi connectivity index (χ0n) is 12.2. The number of amides is 2. The Labute approximate surface area is 138 Å². The van der Waals surface area contributed by atoms with Crippen LogP contribution in [-0.4, -0.2) is 18.9 Å². The first-order valence-corrected chi connectivity index (χ1v) is 7.24. The van der Waals surface area contributed by atoms with Gasteiger partial charge in [0.05, 0.1) is 12.8 Å². The molecule has 0 unspecified atom stereocenters. The molecule has 116 valence electrons. The van der Waals surface area contributed by atoms with Gasteiger partial charge in [0.1, 0.15) is 16.5 Å². The fraction of sp³-hybridized carbons (Fsp3) is 0.0588. The van der Waals surface area contributed by atoms with Gasteiger partial charge in [0.2, 0.25) is 0 Å². The highest BCUT2D eigenvalue weighted by molar-refractivity contribution is 6.53. The lowest BCUT2D eigenvalue weighted by atomic mass is 10.2. The molecule has 2 aromatic rings. The first kappa shape index (κ1) is 15.1. The van der Waals surface area contributed by atoms with Crippen LogP contribution in [0, 0.1) is 0 Å². The number of nitrogens with one attached hydrogen (secondary N) is 1. The number of rotatable bonds is 4. The van der Waals surface area contributed by atoms with Gasteiger partial charge in [0.25, 0.3) is 11.8 Å². The van der Waals surface area contributed by atoms with Gasteiger partial charge in [0.15, 0.2) is 0 Å². The van der Waals surface area contributed by atoms with Crippen molar-refractivity contribution in [3.05, 3.63) is 65.3 Å². The molecule has 0 aromatic heterocycles. The van der Waals surface area contributed by atoms with E-state index >= 15 is 0 Å². The monoisotopic (exact) mass is 328 g/mol. The van der Waals surface area contributed by atoms with Gasteiger partial charge in [0, 0.05) is 11.8 Å². The smallest absolute Gasteiger partial charge is 0.283 e. The lowest BCUT2D eigenvalue weighted by Gasteiger charge is -2.15. The number of ether oxygens (including phenoxy) is 1. The first-order chi connectivity index (χ1) is 11.1. The maximum absolute atomic E-state index is 12.6. The Morgan fingerprint density at radius 1 is 1.00 bits per heavy atom. The van der Waals surface area contributed by atoms with Gasteiger partial charge in [-0.05, 0) is 24.3 Å². The molecule has 1 aliphatic heterocycles. The highest BCUT2D eigenvalue weighted by Gasteiger charge is 2.38. The fourth-order valence-corrected chi connectivity index (χ4v) is 2.48. The van der Waals surface area contributed by atoms with Crippen molar-refractivity contribution in [2.75, 3.05) is 17.3 Å². The van der Waals surface area contributed by atoms with Crippen LogP contribution in [0.5, 0.6) is 5.75 Å². The van der Waals surface area contributed by atoms with E-state index in [0.717, 1.165) is 4.90 Å². The molecule has 0 saturated carbocycles. The Balaban J connectivity index is 1.90. The minimum absolute atomic E-state index is 0.0498. The third-order valence-corrected chi connectivity index (χ3v) is 3.73. The number of benzene rings is 2. The van der Waals surface area contributed by atoms with Crippen LogP contribution >= 0.6 is 11.6 Å². The van der Waals surface area contributed by atoms with Gasteiger partial charge in [-0.25, -0.2) is 4.90 Å². The SMILES string of the molecule is COc1cccc(NC2=C(Cl)C(=O)N(c3ccccc3)C2=O)c1. The molecular formula is C17H13ClN2O3. The lowest BCUT2D eigenvalue weighted by Crippen LogP contribution is -2.32. The summed E-state index contributed by atoms with van der Waals surface area (Å²) in [6.45, 7) is 0. The Morgan fingerprint density at radius 2 is 1.74 bits per heavy atom. The molecule has 2 aromatic carbocycles. The Bertz CT molecular complexity index is 802. The number of carbonyl (C=O) groups excluding carboxylic acids is 2. The van der Waals surface area contributed by atoms with Crippen LogP contribution in [0.15, 0.2) is 65.3 Å². The Kier molecular flexibility index (Phi) is 4.04. The van der Waals surface area contributed by atoms with Crippen molar-refractivity contribution in [1.29, 1.82) is 0 Å². The number of methoxy groups -OCH3 is 1. The van der Waals surface area contributed by atoms with Crippen LogP contribution in [0.1, 0.15) is 0 Å². The second kappa shape index (κ2) is 6.14. The summed E-state index contributed by atoms with van der Waals surface area (Å²) < 4.78 is 5.13. The van der Waals surface area contributed by atoms with E-state index in [0.29, 0.717) is 17.1 Å². The molecule has 23 heavy (non-hydrogen) atoms. The van der Waals surface area contributed by atoms with E-state index in [2.05, 4.69) is 5.32 Å². The summed E-state index contributed by atoms with van der Waals surface area (Å²) in [5, 5.41) is 2.76. The minimum Gasteiger partial charge on any atom is -0.497 e. The molecule has 5 nitrogen and oxygen atoms in total.